The SMILES string of the molecule is Cc1cc(Cl)ccc1-n1cc(Cl)cc1C(=O)O. The van der Waals surface area contributed by atoms with Crippen LogP contribution in [-0.2, 0) is 0 Å². The minimum atomic E-state index is -1.02. The van der Waals surface area contributed by atoms with Crippen molar-refractivity contribution in [3.63, 3.8) is 0 Å². The molecule has 3 nitrogen and oxygen atoms in total. The third-order valence-corrected chi connectivity index (χ3v) is 2.87. The fraction of sp³-hybridized carbons (Fsp3) is 0.0833. The summed E-state index contributed by atoms with van der Waals surface area (Å²) in [6, 6.07) is 6.66. The zero-order valence-corrected chi connectivity index (χ0v) is 10.5. The third kappa shape index (κ3) is 2.30. The summed E-state index contributed by atoms with van der Waals surface area (Å²) in [7, 11) is 0. The minimum Gasteiger partial charge on any atom is -0.477 e. The van der Waals surface area contributed by atoms with E-state index in [-0.39, 0.29) is 5.69 Å². The van der Waals surface area contributed by atoms with Gasteiger partial charge < -0.3 is 9.67 Å². The second-order valence-corrected chi connectivity index (χ2v) is 4.52. The number of hydrogen-bond donors (Lipinski definition) is 1. The van der Waals surface area contributed by atoms with E-state index in [1.807, 2.05) is 6.92 Å². The highest BCUT2D eigenvalue weighted by molar-refractivity contribution is 6.31. The van der Waals surface area contributed by atoms with Gasteiger partial charge in [0.2, 0.25) is 0 Å². The molecule has 5 heteroatoms. The van der Waals surface area contributed by atoms with Gasteiger partial charge in [0.05, 0.1) is 5.02 Å². The normalized spacial score (nSPS) is 10.5. The van der Waals surface area contributed by atoms with E-state index in [9.17, 15) is 4.79 Å². The van der Waals surface area contributed by atoms with Crippen LogP contribution in [0.5, 0.6) is 0 Å². The highest BCUT2D eigenvalue weighted by atomic mass is 35.5. The second-order valence-electron chi connectivity index (χ2n) is 3.65. The molecular weight excluding hydrogens is 261 g/mol. The number of halogens is 2. The van der Waals surface area contributed by atoms with Gasteiger partial charge in [-0.2, -0.15) is 0 Å². The Morgan fingerprint density at radius 1 is 1.24 bits per heavy atom. The molecule has 2 rings (SSSR count). The summed E-state index contributed by atoms with van der Waals surface area (Å²) in [6.07, 6.45) is 1.57. The van der Waals surface area contributed by atoms with Gasteiger partial charge in [0.15, 0.2) is 0 Å². The van der Waals surface area contributed by atoms with Gasteiger partial charge in [0, 0.05) is 16.9 Å². The van der Waals surface area contributed by atoms with E-state index in [1.54, 1.807) is 24.4 Å². The summed E-state index contributed by atoms with van der Waals surface area (Å²) < 4.78 is 1.54. The molecule has 1 aromatic heterocycles. The molecule has 17 heavy (non-hydrogen) atoms. The summed E-state index contributed by atoms with van der Waals surface area (Å²) in [4.78, 5) is 11.1. The zero-order chi connectivity index (χ0) is 12.6. The molecule has 0 saturated heterocycles. The number of aromatic carboxylic acids is 1. The standard InChI is InChI=1S/C12H9Cl2NO2/c1-7-4-8(13)2-3-10(7)15-6-9(14)5-11(15)12(16)17/h2-6H,1H3,(H,16,17). The van der Waals surface area contributed by atoms with Crippen LogP contribution in [0.25, 0.3) is 5.69 Å². The fourth-order valence-corrected chi connectivity index (χ4v) is 2.11. The molecule has 0 aliphatic carbocycles. The molecule has 2 aromatic rings. The minimum absolute atomic E-state index is 0.125. The molecular formula is C12H9Cl2NO2. The molecule has 1 aromatic carbocycles. The Balaban J connectivity index is 2.63. The maximum atomic E-state index is 11.1. The Hall–Kier alpha value is -1.45. The molecule has 0 spiro atoms. The first-order valence-electron chi connectivity index (χ1n) is 4.87. The highest BCUT2D eigenvalue weighted by Gasteiger charge is 2.14. The van der Waals surface area contributed by atoms with Gasteiger partial charge >= 0.3 is 5.97 Å². The number of aromatic nitrogens is 1. The van der Waals surface area contributed by atoms with Crippen molar-refractivity contribution in [3.8, 4) is 5.69 Å². The Kier molecular flexibility index (Phi) is 3.13. The quantitative estimate of drug-likeness (QED) is 0.902. The number of nitrogens with zero attached hydrogens (tertiary/aromatic N) is 1. The van der Waals surface area contributed by atoms with Crippen LogP contribution in [-0.4, -0.2) is 15.6 Å². The maximum Gasteiger partial charge on any atom is 0.352 e. The van der Waals surface area contributed by atoms with Crippen molar-refractivity contribution in [2.45, 2.75) is 6.92 Å². The average Bonchev–Trinajstić information content (AvgIpc) is 2.60. The van der Waals surface area contributed by atoms with Crippen LogP contribution in [0.15, 0.2) is 30.5 Å². The van der Waals surface area contributed by atoms with Crippen molar-refractivity contribution >= 4 is 29.2 Å². The van der Waals surface area contributed by atoms with Crippen molar-refractivity contribution in [2.75, 3.05) is 0 Å². The number of benzene rings is 1. The third-order valence-electron chi connectivity index (χ3n) is 2.42. The monoisotopic (exact) mass is 269 g/mol. The van der Waals surface area contributed by atoms with E-state index in [4.69, 9.17) is 28.3 Å². The molecule has 0 radical (unpaired) electrons. The van der Waals surface area contributed by atoms with Crippen LogP contribution in [0.3, 0.4) is 0 Å². The molecule has 0 atom stereocenters. The summed E-state index contributed by atoms with van der Waals surface area (Å²) in [5.41, 5.74) is 1.76. The summed E-state index contributed by atoms with van der Waals surface area (Å²) in [5, 5.41) is 10.1. The fourth-order valence-electron chi connectivity index (χ4n) is 1.68. The van der Waals surface area contributed by atoms with Gasteiger partial charge in [-0.25, -0.2) is 4.79 Å². The lowest BCUT2D eigenvalue weighted by molar-refractivity contribution is 0.0688. The van der Waals surface area contributed by atoms with Crippen molar-refractivity contribution in [1.82, 2.24) is 4.57 Å². The van der Waals surface area contributed by atoms with Crippen LogP contribution in [0.1, 0.15) is 16.1 Å². The van der Waals surface area contributed by atoms with E-state index in [2.05, 4.69) is 0 Å². The molecule has 88 valence electrons. The topological polar surface area (TPSA) is 42.2 Å². The van der Waals surface area contributed by atoms with E-state index in [0.29, 0.717) is 10.0 Å². The molecule has 0 amide bonds. The van der Waals surface area contributed by atoms with Gasteiger partial charge in [0.25, 0.3) is 0 Å². The Morgan fingerprint density at radius 3 is 2.53 bits per heavy atom. The molecule has 0 saturated carbocycles. The number of carboxylic acids is 1. The predicted octanol–water partition coefficient (Wildman–Crippen LogP) is 3.79. The average molecular weight is 270 g/mol. The van der Waals surface area contributed by atoms with E-state index < -0.39 is 5.97 Å². The van der Waals surface area contributed by atoms with Crippen LogP contribution >= 0.6 is 23.2 Å². The predicted molar refractivity (Wildman–Crippen MR) is 67.5 cm³/mol. The first-order chi connectivity index (χ1) is 7.99. The van der Waals surface area contributed by atoms with Crippen molar-refractivity contribution in [1.29, 1.82) is 0 Å². The van der Waals surface area contributed by atoms with Crippen molar-refractivity contribution < 1.29 is 9.90 Å². The van der Waals surface area contributed by atoms with Crippen LogP contribution in [0.4, 0.5) is 0 Å². The summed E-state index contributed by atoms with van der Waals surface area (Å²) >= 11 is 11.7. The van der Waals surface area contributed by atoms with E-state index in [1.165, 1.54) is 10.6 Å². The summed E-state index contributed by atoms with van der Waals surface area (Å²) in [5.74, 6) is -1.02. The number of carbonyl (C=O) groups is 1. The molecule has 1 N–H and O–H groups in total. The van der Waals surface area contributed by atoms with Gasteiger partial charge in [-0.05, 0) is 36.8 Å². The smallest absolute Gasteiger partial charge is 0.352 e. The second kappa shape index (κ2) is 4.43. The van der Waals surface area contributed by atoms with E-state index >= 15 is 0 Å². The first-order valence-corrected chi connectivity index (χ1v) is 5.62. The molecule has 0 aliphatic heterocycles. The Bertz CT molecular complexity index is 590. The zero-order valence-electron chi connectivity index (χ0n) is 8.95. The molecule has 0 fully saturated rings. The lowest BCUT2D eigenvalue weighted by Gasteiger charge is -2.09. The number of hydrogen-bond acceptors (Lipinski definition) is 1. The lowest BCUT2D eigenvalue weighted by atomic mass is 10.2. The molecule has 0 aliphatic rings. The molecule has 1 heterocycles. The molecule has 0 unspecified atom stereocenters. The lowest BCUT2D eigenvalue weighted by Crippen LogP contribution is -2.06. The van der Waals surface area contributed by atoms with Crippen molar-refractivity contribution in [2.24, 2.45) is 0 Å². The van der Waals surface area contributed by atoms with Gasteiger partial charge in [0.1, 0.15) is 5.69 Å². The number of carboxylic acid groups (broad SMARTS) is 1. The van der Waals surface area contributed by atoms with Gasteiger partial charge in [-0.15, -0.1) is 0 Å². The number of rotatable bonds is 2. The largest absolute Gasteiger partial charge is 0.477 e. The van der Waals surface area contributed by atoms with Crippen LogP contribution < -0.4 is 0 Å². The molecule has 0 bridgehead atoms. The van der Waals surface area contributed by atoms with Crippen LogP contribution in [0.2, 0.25) is 10.0 Å². The van der Waals surface area contributed by atoms with Gasteiger partial charge in [-0.1, -0.05) is 23.2 Å². The summed E-state index contributed by atoms with van der Waals surface area (Å²) in [6.45, 7) is 1.86. The maximum absolute atomic E-state index is 11.1. The van der Waals surface area contributed by atoms with Crippen molar-refractivity contribution in [3.05, 3.63) is 51.8 Å². The Labute approximate surface area is 108 Å². The highest BCUT2D eigenvalue weighted by Crippen LogP contribution is 2.24. The van der Waals surface area contributed by atoms with Crippen LogP contribution in [0, 0.1) is 6.92 Å². The first kappa shape index (κ1) is 12.0. The van der Waals surface area contributed by atoms with E-state index in [0.717, 1.165) is 11.3 Å². The van der Waals surface area contributed by atoms with Gasteiger partial charge in [-0.3, -0.25) is 0 Å². The number of aryl methyl sites for hydroxylation is 1. The Morgan fingerprint density at radius 2 is 1.94 bits per heavy atom.